The van der Waals surface area contributed by atoms with Gasteiger partial charge < -0.3 is 5.32 Å². The molecule has 5 rings (SSSR count). The van der Waals surface area contributed by atoms with E-state index in [0.717, 1.165) is 11.6 Å². The maximum Gasteiger partial charge on any atom is 0.257 e. The van der Waals surface area contributed by atoms with E-state index in [1.165, 1.54) is 36.4 Å². The molecule has 0 saturated heterocycles. The summed E-state index contributed by atoms with van der Waals surface area (Å²) in [6.45, 7) is 3.66. The molecule has 5 aromatic rings. The van der Waals surface area contributed by atoms with Gasteiger partial charge in [0.25, 0.3) is 5.91 Å². The van der Waals surface area contributed by atoms with Crippen LogP contribution in [0.5, 0.6) is 0 Å². The molecule has 36 heavy (non-hydrogen) atoms. The van der Waals surface area contributed by atoms with Gasteiger partial charge in [0.05, 0.1) is 28.0 Å². The van der Waals surface area contributed by atoms with Crippen LogP contribution in [0.25, 0.3) is 28.0 Å². The Morgan fingerprint density at radius 3 is 2.50 bits per heavy atom. The predicted molar refractivity (Wildman–Crippen MR) is 132 cm³/mol. The van der Waals surface area contributed by atoms with E-state index < -0.39 is 17.5 Å². The normalized spacial score (nSPS) is 11.1. The number of fused-ring (bicyclic) bond motifs is 1. The summed E-state index contributed by atoms with van der Waals surface area (Å²) in [4.78, 5) is 22.1. The smallest absolute Gasteiger partial charge is 0.257 e. The van der Waals surface area contributed by atoms with Gasteiger partial charge >= 0.3 is 0 Å². The van der Waals surface area contributed by atoms with Gasteiger partial charge in [-0.2, -0.15) is 0 Å². The largest absolute Gasteiger partial charge is 0.322 e. The van der Waals surface area contributed by atoms with E-state index >= 15 is 0 Å². The van der Waals surface area contributed by atoms with Crippen molar-refractivity contribution in [3.05, 3.63) is 107 Å². The van der Waals surface area contributed by atoms with Crippen molar-refractivity contribution in [1.82, 2.24) is 14.4 Å². The molecule has 3 heterocycles. The van der Waals surface area contributed by atoms with Crippen LogP contribution >= 0.6 is 0 Å². The number of halogens is 3. The summed E-state index contributed by atoms with van der Waals surface area (Å²) in [5.41, 5.74) is 4.22. The summed E-state index contributed by atoms with van der Waals surface area (Å²) in [5, 5.41) is 2.76. The number of benzene rings is 2. The number of rotatable bonds is 5. The molecule has 0 aliphatic rings. The Balaban J connectivity index is 1.62. The first-order valence-electron chi connectivity index (χ1n) is 11.4. The number of aryl methyl sites for hydroxylation is 2. The number of aromatic nitrogens is 3. The molecule has 0 bridgehead atoms. The van der Waals surface area contributed by atoms with E-state index in [1.807, 2.05) is 13.0 Å². The molecular weight excluding hydrogens is 465 g/mol. The summed E-state index contributed by atoms with van der Waals surface area (Å²) in [7, 11) is 0. The van der Waals surface area contributed by atoms with Crippen LogP contribution in [0.15, 0.2) is 73.1 Å². The van der Waals surface area contributed by atoms with Gasteiger partial charge in [-0.15, -0.1) is 0 Å². The van der Waals surface area contributed by atoms with Gasteiger partial charge in [-0.1, -0.05) is 19.1 Å². The van der Waals surface area contributed by atoms with Crippen molar-refractivity contribution in [1.29, 1.82) is 0 Å². The summed E-state index contributed by atoms with van der Waals surface area (Å²) < 4.78 is 43.5. The first-order chi connectivity index (χ1) is 17.4. The van der Waals surface area contributed by atoms with Crippen molar-refractivity contribution in [3.63, 3.8) is 0 Å². The number of nitrogens with zero attached hydrogens (tertiary/aromatic N) is 3. The fourth-order valence-electron chi connectivity index (χ4n) is 4.20. The minimum atomic E-state index is -0.964. The average Bonchev–Trinajstić information content (AvgIpc) is 3.26. The maximum absolute atomic E-state index is 14.6. The van der Waals surface area contributed by atoms with Gasteiger partial charge in [0.1, 0.15) is 11.6 Å². The third kappa shape index (κ3) is 4.11. The molecule has 180 valence electrons. The van der Waals surface area contributed by atoms with Crippen molar-refractivity contribution in [2.45, 2.75) is 20.3 Å². The molecule has 0 fully saturated rings. The molecular formula is C28H21F3N4O. The molecule has 2 aromatic carbocycles. The minimum absolute atomic E-state index is 0.0586. The topological polar surface area (TPSA) is 59.3 Å². The quantitative estimate of drug-likeness (QED) is 0.304. The van der Waals surface area contributed by atoms with Crippen LogP contribution in [0.4, 0.5) is 18.9 Å². The highest BCUT2D eigenvalue weighted by atomic mass is 19.2. The molecule has 0 atom stereocenters. The van der Waals surface area contributed by atoms with Gasteiger partial charge in [-0.25, -0.2) is 18.2 Å². The van der Waals surface area contributed by atoms with Gasteiger partial charge in [0.2, 0.25) is 0 Å². The second kappa shape index (κ2) is 9.30. The fraction of sp³-hybridized carbons (Fsp3) is 0.107. The Morgan fingerprint density at radius 2 is 1.75 bits per heavy atom. The highest BCUT2D eigenvalue weighted by Gasteiger charge is 2.21. The van der Waals surface area contributed by atoms with Gasteiger partial charge in [-0.3, -0.25) is 14.2 Å². The zero-order valence-corrected chi connectivity index (χ0v) is 19.5. The van der Waals surface area contributed by atoms with Crippen LogP contribution in [0.2, 0.25) is 0 Å². The van der Waals surface area contributed by atoms with Crippen LogP contribution in [-0.4, -0.2) is 20.3 Å². The highest BCUT2D eigenvalue weighted by Crippen LogP contribution is 2.33. The molecule has 0 aliphatic heterocycles. The van der Waals surface area contributed by atoms with Gasteiger partial charge in [-0.05, 0) is 61.9 Å². The lowest BCUT2D eigenvalue weighted by atomic mass is 10.0. The van der Waals surface area contributed by atoms with Crippen molar-refractivity contribution >= 4 is 17.1 Å². The predicted octanol–water partition coefficient (Wildman–Crippen LogP) is 6.60. The van der Waals surface area contributed by atoms with E-state index in [4.69, 9.17) is 0 Å². The van der Waals surface area contributed by atoms with E-state index in [1.54, 1.807) is 35.9 Å². The van der Waals surface area contributed by atoms with Crippen LogP contribution in [0.1, 0.15) is 28.7 Å². The summed E-state index contributed by atoms with van der Waals surface area (Å²) in [6, 6.07) is 14.9. The monoisotopic (exact) mass is 486 g/mol. The fourth-order valence-corrected chi connectivity index (χ4v) is 4.20. The number of pyridine rings is 2. The van der Waals surface area contributed by atoms with Gasteiger partial charge in [0, 0.05) is 29.2 Å². The standard InChI is InChI=1S/C28H21F3N4O/c1-3-24-26-20(7-5-13-35(26)27(34-24)21-6-4-8-23(30)25(21)31)17-14-22(16(2)32-15-17)28(36)33-19-11-9-18(29)10-12-19/h4-15H,3H2,1-2H3,(H,33,36). The third-order valence-electron chi connectivity index (χ3n) is 6.01. The number of imidazole rings is 1. The lowest BCUT2D eigenvalue weighted by Gasteiger charge is -2.11. The molecule has 8 heteroatoms. The Bertz CT molecular complexity index is 1610. The zero-order chi connectivity index (χ0) is 25.4. The summed E-state index contributed by atoms with van der Waals surface area (Å²) in [5.74, 6) is -2.40. The number of carbonyl (C=O) groups is 1. The van der Waals surface area contributed by atoms with Crippen LogP contribution in [0.3, 0.4) is 0 Å². The van der Waals surface area contributed by atoms with E-state index in [0.29, 0.717) is 40.1 Å². The second-order valence-electron chi connectivity index (χ2n) is 8.30. The number of carbonyl (C=O) groups excluding carboxylic acids is 1. The van der Waals surface area contributed by atoms with Crippen molar-refractivity contribution in [3.8, 4) is 22.5 Å². The lowest BCUT2D eigenvalue weighted by molar-refractivity contribution is 0.102. The van der Waals surface area contributed by atoms with Crippen LogP contribution in [-0.2, 0) is 6.42 Å². The zero-order valence-electron chi connectivity index (χ0n) is 19.5. The van der Waals surface area contributed by atoms with E-state index in [9.17, 15) is 18.0 Å². The Labute approximate surface area is 205 Å². The average molecular weight is 486 g/mol. The van der Waals surface area contributed by atoms with Crippen LogP contribution in [0, 0.1) is 24.4 Å². The number of nitrogens with one attached hydrogen (secondary N) is 1. The molecule has 1 N–H and O–H groups in total. The SMILES string of the molecule is CCc1nc(-c2cccc(F)c2F)n2cccc(-c3cnc(C)c(C(=O)Nc4ccc(F)cc4)c3)c12. The van der Waals surface area contributed by atoms with Crippen molar-refractivity contribution in [2.24, 2.45) is 0 Å². The molecule has 0 radical (unpaired) electrons. The van der Waals surface area contributed by atoms with Crippen LogP contribution < -0.4 is 5.32 Å². The van der Waals surface area contributed by atoms with Gasteiger partial charge in [0.15, 0.2) is 11.6 Å². The number of amides is 1. The van der Waals surface area contributed by atoms with E-state index in [2.05, 4.69) is 15.3 Å². The molecule has 3 aromatic heterocycles. The number of anilines is 1. The Hall–Kier alpha value is -4.46. The van der Waals surface area contributed by atoms with E-state index in [-0.39, 0.29) is 17.3 Å². The first-order valence-corrected chi connectivity index (χ1v) is 11.4. The molecule has 0 unspecified atom stereocenters. The van der Waals surface area contributed by atoms with Crippen molar-refractivity contribution < 1.29 is 18.0 Å². The maximum atomic E-state index is 14.6. The minimum Gasteiger partial charge on any atom is -0.322 e. The molecule has 0 saturated carbocycles. The Morgan fingerprint density at radius 1 is 1.00 bits per heavy atom. The number of hydrogen-bond acceptors (Lipinski definition) is 3. The molecule has 0 spiro atoms. The molecule has 1 amide bonds. The molecule has 5 nitrogen and oxygen atoms in total. The lowest BCUT2D eigenvalue weighted by Crippen LogP contribution is -2.14. The summed E-state index contributed by atoms with van der Waals surface area (Å²) in [6.07, 6.45) is 3.96. The first kappa shape index (κ1) is 23.3. The Kier molecular flexibility index (Phi) is 6.01. The molecule has 0 aliphatic carbocycles. The van der Waals surface area contributed by atoms with Crippen molar-refractivity contribution in [2.75, 3.05) is 5.32 Å². The third-order valence-corrected chi connectivity index (χ3v) is 6.01. The number of hydrogen-bond donors (Lipinski definition) is 1. The second-order valence-corrected chi connectivity index (χ2v) is 8.30. The highest BCUT2D eigenvalue weighted by molar-refractivity contribution is 6.06. The summed E-state index contributed by atoms with van der Waals surface area (Å²) >= 11 is 0.